The van der Waals surface area contributed by atoms with E-state index < -0.39 is 5.97 Å². The number of furan rings is 1. The molecule has 0 atom stereocenters. The summed E-state index contributed by atoms with van der Waals surface area (Å²) in [7, 11) is 0. The topological polar surface area (TPSA) is 75.4 Å². The molecule has 3 rings (SSSR count). The van der Waals surface area contributed by atoms with Gasteiger partial charge in [0.2, 0.25) is 0 Å². The van der Waals surface area contributed by atoms with Crippen molar-refractivity contribution in [1.29, 1.82) is 0 Å². The van der Waals surface area contributed by atoms with Crippen LogP contribution in [0.2, 0.25) is 10.0 Å². The van der Waals surface area contributed by atoms with Gasteiger partial charge in [-0.2, -0.15) is 0 Å². The fraction of sp³-hybridized carbons (Fsp3) is 0. The van der Waals surface area contributed by atoms with Crippen molar-refractivity contribution in [2.24, 2.45) is 0 Å². The Morgan fingerprint density at radius 3 is 2.52 bits per heavy atom. The van der Waals surface area contributed by atoms with Crippen LogP contribution in [0.15, 0.2) is 53.5 Å². The van der Waals surface area contributed by atoms with E-state index in [0.29, 0.717) is 15.7 Å². The molecule has 0 saturated heterocycles. The maximum absolute atomic E-state index is 11.2. The second kappa shape index (κ2) is 6.32. The highest BCUT2D eigenvalue weighted by Gasteiger charge is 2.15. The van der Waals surface area contributed by atoms with Gasteiger partial charge in [-0.3, -0.25) is 0 Å². The van der Waals surface area contributed by atoms with E-state index in [2.05, 4.69) is 10.3 Å². The van der Waals surface area contributed by atoms with Crippen LogP contribution in [-0.2, 0) is 0 Å². The van der Waals surface area contributed by atoms with Gasteiger partial charge in [-0.25, -0.2) is 9.78 Å². The number of halogens is 2. The zero-order valence-electron chi connectivity index (χ0n) is 11.6. The monoisotopic (exact) mass is 348 g/mol. The van der Waals surface area contributed by atoms with Gasteiger partial charge in [0.15, 0.2) is 0 Å². The molecule has 0 unspecified atom stereocenters. The number of nitrogens with one attached hydrogen (secondary N) is 1. The number of hydrogen-bond acceptors (Lipinski definition) is 4. The first-order chi connectivity index (χ1) is 11.1. The van der Waals surface area contributed by atoms with E-state index in [1.54, 1.807) is 36.8 Å². The Hall–Kier alpha value is -2.50. The molecule has 23 heavy (non-hydrogen) atoms. The molecule has 116 valence electrons. The molecule has 2 N–H and O–H groups in total. The Balaban J connectivity index is 2.00. The number of benzene rings is 1. The second-order valence-corrected chi connectivity index (χ2v) is 5.47. The molecule has 3 aromatic rings. The third-order valence-electron chi connectivity index (χ3n) is 3.18. The quantitative estimate of drug-likeness (QED) is 0.686. The van der Waals surface area contributed by atoms with Crippen molar-refractivity contribution in [2.45, 2.75) is 0 Å². The first kappa shape index (κ1) is 15.4. The predicted molar refractivity (Wildman–Crippen MR) is 88.6 cm³/mol. The highest BCUT2D eigenvalue weighted by Crippen LogP contribution is 2.37. The van der Waals surface area contributed by atoms with Crippen LogP contribution in [0.3, 0.4) is 0 Å². The molecule has 0 spiro atoms. The number of pyridine rings is 1. The molecular weight excluding hydrogens is 339 g/mol. The maximum Gasteiger partial charge on any atom is 0.339 e. The summed E-state index contributed by atoms with van der Waals surface area (Å²) in [6.45, 7) is 0. The Morgan fingerprint density at radius 1 is 1.17 bits per heavy atom. The normalized spacial score (nSPS) is 10.5. The van der Waals surface area contributed by atoms with Crippen LogP contribution >= 0.6 is 23.2 Å². The molecule has 2 aromatic heterocycles. The van der Waals surface area contributed by atoms with Gasteiger partial charge >= 0.3 is 5.97 Å². The van der Waals surface area contributed by atoms with Gasteiger partial charge in [0, 0.05) is 11.8 Å². The molecule has 0 aliphatic rings. The summed E-state index contributed by atoms with van der Waals surface area (Å²) in [5, 5.41) is 12.8. The molecule has 5 nitrogen and oxygen atoms in total. The van der Waals surface area contributed by atoms with Crippen molar-refractivity contribution in [3.63, 3.8) is 0 Å². The molecule has 0 aliphatic heterocycles. The van der Waals surface area contributed by atoms with Crippen LogP contribution in [0.25, 0.3) is 11.1 Å². The van der Waals surface area contributed by atoms with Gasteiger partial charge in [0.1, 0.15) is 11.4 Å². The third kappa shape index (κ3) is 3.16. The van der Waals surface area contributed by atoms with Gasteiger partial charge in [0.25, 0.3) is 0 Å². The van der Waals surface area contributed by atoms with E-state index in [0.717, 1.165) is 11.1 Å². The lowest BCUT2D eigenvalue weighted by molar-refractivity contribution is 0.0697. The Labute approximate surface area is 141 Å². The van der Waals surface area contributed by atoms with Crippen molar-refractivity contribution in [3.05, 3.63) is 64.7 Å². The van der Waals surface area contributed by atoms with E-state index in [9.17, 15) is 9.90 Å². The lowest BCUT2D eigenvalue weighted by Gasteiger charge is -2.13. The first-order valence-corrected chi connectivity index (χ1v) is 7.29. The molecule has 0 fully saturated rings. The van der Waals surface area contributed by atoms with Gasteiger partial charge in [0.05, 0.1) is 28.3 Å². The Bertz CT molecular complexity index is 841. The van der Waals surface area contributed by atoms with Gasteiger partial charge in [-0.15, -0.1) is 0 Å². The Kier molecular flexibility index (Phi) is 4.23. The molecule has 1 aromatic carbocycles. The van der Waals surface area contributed by atoms with Crippen molar-refractivity contribution in [2.75, 3.05) is 5.32 Å². The number of aromatic carboxylic acids is 1. The highest BCUT2D eigenvalue weighted by atomic mass is 35.5. The lowest BCUT2D eigenvalue weighted by Crippen LogP contribution is -2.05. The van der Waals surface area contributed by atoms with Gasteiger partial charge < -0.3 is 14.8 Å². The number of aromatic nitrogens is 1. The average molecular weight is 349 g/mol. The number of nitrogens with zero attached hydrogens (tertiary/aromatic N) is 1. The largest absolute Gasteiger partial charge is 0.478 e. The summed E-state index contributed by atoms with van der Waals surface area (Å²) in [6, 6.07) is 8.20. The smallest absolute Gasteiger partial charge is 0.339 e. The van der Waals surface area contributed by atoms with Crippen LogP contribution in [0, 0.1) is 0 Å². The van der Waals surface area contributed by atoms with Gasteiger partial charge in [-0.1, -0.05) is 23.2 Å². The third-order valence-corrected chi connectivity index (χ3v) is 3.77. The lowest BCUT2D eigenvalue weighted by atomic mass is 10.1. The van der Waals surface area contributed by atoms with Crippen LogP contribution in [0.5, 0.6) is 0 Å². The van der Waals surface area contributed by atoms with Crippen molar-refractivity contribution < 1.29 is 14.3 Å². The number of carboxylic acid groups (broad SMARTS) is 1. The number of carbonyl (C=O) groups is 1. The molecule has 0 amide bonds. The number of carboxylic acids is 1. The molecule has 0 radical (unpaired) electrons. The molecule has 7 heteroatoms. The molecule has 0 bridgehead atoms. The number of hydrogen-bond donors (Lipinski definition) is 2. The van der Waals surface area contributed by atoms with Gasteiger partial charge in [-0.05, 0) is 35.9 Å². The standard InChI is InChI=1S/C16H10Cl2N2O3/c17-12-6-10(9-3-5-23-8-9)7-13(18)14(12)20-15-11(16(21)22)2-1-4-19-15/h1-8H,(H,19,20)(H,21,22). The average Bonchev–Trinajstić information content (AvgIpc) is 3.05. The summed E-state index contributed by atoms with van der Waals surface area (Å²) in [5.74, 6) is -0.928. The SMILES string of the molecule is O=C(O)c1cccnc1Nc1c(Cl)cc(-c2ccoc2)cc1Cl. The summed E-state index contributed by atoms with van der Waals surface area (Å²) in [4.78, 5) is 15.3. The van der Waals surface area contributed by atoms with E-state index in [4.69, 9.17) is 27.6 Å². The summed E-state index contributed by atoms with van der Waals surface area (Å²) in [6.07, 6.45) is 4.61. The fourth-order valence-corrected chi connectivity index (χ4v) is 2.67. The first-order valence-electron chi connectivity index (χ1n) is 6.53. The number of anilines is 2. The van der Waals surface area contributed by atoms with E-state index in [1.165, 1.54) is 12.3 Å². The van der Waals surface area contributed by atoms with Crippen LogP contribution < -0.4 is 5.32 Å². The van der Waals surface area contributed by atoms with E-state index >= 15 is 0 Å². The highest BCUT2D eigenvalue weighted by molar-refractivity contribution is 6.39. The van der Waals surface area contributed by atoms with E-state index in [-0.39, 0.29) is 11.4 Å². The van der Waals surface area contributed by atoms with E-state index in [1.807, 2.05) is 0 Å². The van der Waals surface area contributed by atoms with Crippen LogP contribution in [0.4, 0.5) is 11.5 Å². The minimum atomic E-state index is -1.09. The zero-order chi connectivity index (χ0) is 16.4. The van der Waals surface area contributed by atoms with Crippen molar-refractivity contribution in [1.82, 2.24) is 4.98 Å². The van der Waals surface area contributed by atoms with Crippen molar-refractivity contribution >= 4 is 40.7 Å². The number of rotatable bonds is 4. The summed E-state index contributed by atoms with van der Waals surface area (Å²) >= 11 is 12.6. The Morgan fingerprint density at radius 2 is 1.91 bits per heavy atom. The molecule has 0 saturated carbocycles. The zero-order valence-corrected chi connectivity index (χ0v) is 13.1. The summed E-state index contributed by atoms with van der Waals surface area (Å²) < 4.78 is 5.04. The molecule has 2 heterocycles. The summed E-state index contributed by atoms with van der Waals surface area (Å²) in [5.41, 5.74) is 2.04. The minimum absolute atomic E-state index is 0.0264. The predicted octanol–water partition coefficient (Wildman–Crippen LogP) is 5.09. The second-order valence-electron chi connectivity index (χ2n) is 4.66. The minimum Gasteiger partial charge on any atom is -0.478 e. The fourth-order valence-electron chi connectivity index (χ4n) is 2.08. The molecular formula is C16H10Cl2N2O3. The van der Waals surface area contributed by atoms with Crippen LogP contribution in [-0.4, -0.2) is 16.1 Å². The van der Waals surface area contributed by atoms with Crippen LogP contribution in [0.1, 0.15) is 10.4 Å². The molecule has 0 aliphatic carbocycles. The maximum atomic E-state index is 11.2. The van der Waals surface area contributed by atoms with Crippen molar-refractivity contribution in [3.8, 4) is 11.1 Å².